The molecule has 0 aromatic carbocycles. The van der Waals surface area contributed by atoms with Crippen LogP contribution in [-0.2, 0) is 9.59 Å². The van der Waals surface area contributed by atoms with Crippen LogP contribution < -0.4 is 0 Å². The van der Waals surface area contributed by atoms with Gasteiger partial charge in [-0.25, -0.2) is 0 Å². The highest BCUT2D eigenvalue weighted by Gasteiger charge is 2.61. The van der Waals surface area contributed by atoms with Crippen molar-refractivity contribution in [2.45, 2.75) is 64.8 Å². The zero-order valence-electron chi connectivity index (χ0n) is 16.3. The van der Waals surface area contributed by atoms with Gasteiger partial charge in [-0.15, -0.1) is 0 Å². The lowest BCUT2D eigenvalue weighted by molar-refractivity contribution is -0.148. The zero-order valence-corrected chi connectivity index (χ0v) is 13.3. The predicted molar refractivity (Wildman–Crippen MR) is 83.1 cm³/mol. The molecule has 4 aliphatic rings. The van der Waals surface area contributed by atoms with E-state index in [1.54, 1.807) is 13.0 Å². The minimum atomic E-state index is -2.25. The highest BCUT2D eigenvalue weighted by atomic mass is 16.3. The topological polar surface area (TPSA) is 54.4 Å². The van der Waals surface area contributed by atoms with Gasteiger partial charge in [0, 0.05) is 26.9 Å². The first-order chi connectivity index (χ1) is 11.4. The maximum atomic E-state index is 13.2. The lowest BCUT2D eigenvalue weighted by atomic mass is 9.47. The van der Waals surface area contributed by atoms with Crippen LogP contribution in [0.1, 0.15) is 62.9 Å². The molecule has 0 unspecified atom stereocenters. The highest BCUT2D eigenvalue weighted by molar-refractivity contribution is 5.93. The molecule has 0 radical (unpaired) electrons. The first-order valence-electron chi connectivity index (χ1n) is 9.93. The van der Waals surface area contributed by atoms with Crippen molar-refractivity contribution in [3.8, 4) is 0 Å². The Morgan fingerprint density at radius 1 is 1.32 bits per heavy atom. The quantitative estimate of drug-likeness (QED) is 0.748. The zero-order chi connectivity index (χ0) is 18.4. The van der Waals surface area contributed by atoms with Crippen molar-refractivity contribution in [3.63, 3.8) is 0 Å². The first kappa shape index (κ1) is 11.6. The van der Waals surface area contributed by atoms with Gasteiger partial charge >= 0.3 is 0 Å². The van der Waals surface area contributed by atoms with Crippen molar-refractivity contribution in [1.82, 2.24) is 0 Å². The molecule has 0 spiro atoms. The van der Waals surface area contributed by atoms with Crippen LogP contribution in [0.3, 0.4) is 0 Å². The van der Waals surface area contributed by atoms with E-state index in [4.69, 9.17) is 4.11 Å². The van der Waals surface area contributed by atoms with Gasteiger partial charge in [0.2, 0.25) is 0 Å². The molecule has 0 bridgehead atoms. The molecule has 1 N–H and O–H groups in total. The van der Waals surface area contributed by atoms with Crippen LogP contribution in [-0.4, -0.2) is 22.8 Å². The molecule has 0 aliphatic heterocycles. The lowest BCUT2D eigenvalue weighted by Gasteiger charge is -2.56. The average Bonchev–Trinajstić information content (AvgIpc) is 2.64. The van der Waals surface area contributed by atoms with Crippen LogP contribution in [0.25, 0.3) is 0 Å². The molecule has 4 aliphatic carbocycles. The standard InChI is InChI=1S/C19H26O3/c1-18-8-7-12(20)9-11(18)3-4-13-14-5-6-16(22)19(14,2)10-15(21)17(13)18/h9,13-14,16-17,22H,3-8,10H2,1-2H3/t13-,14-,16-,17+,18-,19-/m0/s1/i6D2,16D. The fraction of sp³-hybridized carbons (Fsp3) is 0.789. The molecule has 120 valence electrons. The van der Waals surface area contributed by atoms with E-state index in [0.29, 0.717) is 12.8 Å². The van der Waals surface area contributed by atoms with Gasteiger partial charge in [-0.2, -0.15) is 0 Å². The second-order valence-corrected chi connectivity index (χ2v) is 8.13. The molecule has 22 heavy (non-hydrogen) atoms. The van der Waals surface area contributed by atoms with Gasteiger partial charge in [0.25, 0.3) is 0 Å². The van der Waals surface area contributed by atoms with E-state index < -0.39 is 17.9 Å². The van der Waals surface area contributed by atoms with Crippen LogP contribution in [0.15, 0.2) is 11.6 Å². The summed E-state index contributed by atoms with van der Waals surface area (Å²) in [6.45, 7) is 3.81. The summed E-state index contributed by atoms with van der Waals surface area (Å²) in [5, 5.41) is 10.7. The van der Waals surface area contributed by atoms with Crippen LogP contribution >= 0.6 is 0 Å². The maximum absolute atomic E-state index is 13.2. The van der Waals surface area contributed by atoms with Crippen molar-refractivity contribution in [1.29, 1.82) is 0 Å². The summed E-state index contributed by atoms with van der Waals surface area (Å²) >= 11 is 0. The molecule has 0 aromatic rings. The summed E-state index contributed by atoms with van der Waals surface area (Å²) in [7, 11) is 0. The van der Waals surface area contributed by atoms with E-state index >= 15 is 0 Å². The smallest absolute Gasteiger partial charge is 0.155 e. The monoisotopic (exact) mass is 305 g/mol. The Bertz CT molecular complexity index is 698. The van der Waals surface area contributed by atoms with Gasteiger partial charge in [-0.1, -0.05) is 19.4 Å². The maximum Gasteiger partial charge on any atom is 0.155 e. The van der Waals surface area contributed by atoms with Gasteiger partial charge in [0.15, 0.2) is 5.78 Å². The fourth-order valence-corrected chi connectivity index (χ4v) is 5.80. The third-order valence-corrected chi connectivity index (χ3v) is 7.08. The summed E-state index contributed by atoms with van der Waals surface area (Å²) < 4.78 is 24.7. The molecule has 0 aromatic heterocycles. The van der Waals surface area contributed by atoms with Crippen LogP contribution in [0.2, 0.25) is 0 Å². The Balaban J connectivity index is 1.79. The van der Waals surface area contributed by atoms with Gasteiger partial charge in [0.05, 0.1) is 7.45 Å². The number of ketones is 2. The summed E-state index contributed by atoms with van der Waals surface area (Å²) in [4.78, 5) is 25.0. The SMILES string of the molecule is [2H]C1([2H])C[C@H]2[C@@H]3CCC4=CC(=O)CC[C@]4(C)[C@H]3C(=O)C[C@]2(C)[C@@]1([2H])O. The number of Topliss-reactive ketones (excluding diaryl/α,β-unsaturated/α-hetero) is 1. The molecule has 3 saturated carbocycles. The molecular formula is C19H26O3. The fourth-order valence-electron chi connectivity index (χ4n) is 5.80. The predicted octanol–water partition coefficient (Wildman–Crippen LogP) is 3.06. The third-order valence-electron chi connectivity index (χ3n) is 7.08. The van der Waals surface area contributed by atoms with E-state index in [0.717, 1.165) is 18.4 Å². The highest BCUT2D eigenvalue weighted by Crippen LogP contribution is 2.64. The van der Waals surface area contributed by atoms with Crippen molar-refractivity contribution in [2.75, 3.05) is 0 Å². The van der Waals surface area contributed by atoms with E-state index in [9.17, 15) is 14.7 Å². The second-order valence-electron chi connectivity index (χ2n) is 8.13. The molecule has 3 heteroatoms. The third kappa shape index (κ3) is 1.72. The van der Waals surface area contributed by atoms with E-state index in [1.807, 2.05) is 0 Å². The Morgan fingerprint density at radius 2 is 2.09 bits per heavy atom. The van der Waals surface area contributed by atoms with Gasteiger partial charge < -0.3 is 5.11 Å². The van der Waals surface area contributed by atoms with Crippen molar-refractivity contribution in [3.05, 3.63) is 11.6 Å². The molecule has 0 heterocycles. The van der Waals surface area contributed by atoms with Gasteiger partial charge in [-0.05, 0) is 55.4 Å². The Labute approximate surface area is 136 Å². The second kappa shape index (κ2) is 4.53. The summed E-state index contributed by atoms with van der Waals surface area (Å²) in [5.41, 5.74) is -0.300. The normalized spacial score (nSPS) is 58.6. The van der Waals surface area contributed by atoms with Crippen molar-refractivity contribution in [2.24, 2.45) is 28.6 Å². The van der Waals surface area contributed by atoms with E-state index in [2.05, 4.69) is 6.92 Å². The minimum Gasteiger partial charge on any atom is -0.393 e. The number of hydrogen-bond acceptors (Lipinski definition) is 3. The Hall–Kier alpha value is -0.960. The number of aliphatic hydroxyl groups is 1. The van der Waals surface area contributed by atoms with Crippen molar-refractivity contribution >= 4 is 11.6 Å². The molecule has 3 nitrogen and oxygen atoms in total. The molecule has 3 fully saturated rings. The average molecular weight is 305 g/mol. The first-order valence-corrected chi connectivity index (χ1v) is 8.43. The molecule has 0 amide bonds. The van der Waals surface area contributed by atoms with Crippen LogP contribution in [0, 0.1) is 28.6 Å². The van der Waals surface area contributed by atoms with E-state index in [-0.39, 0.29) is 47.6 Å². The summed E-state index contributed by atoms with van der Waals surface area (Å²) in [6, 6.07) is 0. The molecule has 0 saturated heterocycles. The van der Waals surface area contributed by atoms with Crippen LogP contribution in [0.5, 0.6) is 0 Å². The minimum absolute atomic E-state index is 0.0175. The molecular weight excluding hydrogens is 276 g/mol. The molecule has 4 rings (SSSR count). The Morgan fingerprint density at radius 3 is 2.86 bits per heavy atom. The Kier molecular flexibility index (Phi) is 2.38. The number of carbonyl (C=O) groups is 2. The van der Waals surface area contributed by atoms with Crippen molar-refractivity contribution < 1.29 is 18.8 Å². The van der Waals surface area contributed by atoms with Gasteiger partial charge in [0.1, 0.15) is 5.78 Å². The summed E-state index contributed by atoms with van der Waals surface area (Å²) in [6.07, 6.45) is 0.274. The largest absolute Gasteiger partial charge is 0.393 e. The number of carbonyl (C=O) groups excluding carboxylic acids is 2. The lowest BCUT2D eigenvalue weighted by Crippen LogP contribution is -2.55. The van der Waals surface area contributed by atoms with Crippen LogP contribution in [0.4, 0.5) is 0 Å². The summed E-state index contributed by atoms with van der Waals surface area (Å²) in [5.74, 6) is -0.241. The number of fused-ring (bicyclic) bond motifs is 5. The number of allylic oxidation sites excluding steroid dienone is 1. The number of rotatable bonds is 0. The number of hydrogen-bond donors (Lipinski definition) is 1. The van der Waals surface area contributed by atoms with Gasteiger partial charge in [-0.3, -0.25) is 9.59 Å². The molecule has 6 atom stereocenters. The van der Waals surface area contributed by atoms with E-state index in [1.165, 1.54) is 0 Å².